The first-order chi connectivity index (χ1) is 8.50. The third kappa shape index (κ3) is 2.12. The van der Waals surface area contributed by atoms with Gasteiger partial charge < -0.3 is 20.7 Å². The molecule has 100 valence electrons. The normalized spacial score (nSPS) is 31.7. The van der Waals surface area contributed by atoms with E-state index in [1.54, 1.807) is 0 Å². The van der Waals surface area contributed by atoms with E-state index in [9.17, 15) is 15.0 Å². The lowest BCUT2D eigenvalue weighted by molar-refractivity contribution is -0.0541. The number of nitrogens with two attached hydrogens (primary N) is 1. The molecule has 1 aliphatic heterocycles. The quantitative estimate of drug-likeness (QED) is 0.646. The number of nitrogen functional groups attached to an aromatic ring is 1. The van der Waals surface area contributed by atoms with E-state index in [2.05, 4.69) is 4.98 Å². The van der Waals surface area contributed by atoms with Gasteiger partial charge in [-0.05, 0) is 6.07 Å². The third-order valence-corrected chi connectivity index (χ3v) is 3.43. The fraction of sp³-hybridized carbons (Fsp3) is 0.636. The first kappa shape index (κ1) is 13.0. The van der Waals surface area contributed by atoms with E-state index >= 15 is 0 Å². The molecule has 7 nitrogen and oxygen atoms in total. The Hall–Kier alpha value is -1.44. The summed E-state index contributed by atoms with van der Waals surface area (Å²) in [5.74, 6) is 0.151. The van der Waals surface area contributed by atoms with Crippen LogP contribution in [0.15, 0.2) is 17.1 Å². The van der Waals surface area contributed by atoms with E-state index < -0.39 is 23.4 Å². The van der Waals surface area contributed by atoms with Crippen LogP contribution in [0.5, 0.6) is 0 Å². The number of ether oxygens (including phenoxy) is 1. The molecule has 4 N–H and O–H groups in total. The summed E-state index contributed by atoms with van der Waals surface area (Å²) < 4.78 is 6.92. The lowest BCUT2D eigenvalue weighted by Gasteiger charge is -2.25. The molecule has 18 heavy (non-hydrogen) atoms. The predicted molar refractivity (Wildman–Crippen MR) is 63.7 cm³/mol. The largest absolute Gasteiger partial charge is 0.396 e. The van der Waals surface area contributed by atoms with Crippen LogP contribution in [-0.4, -0.2) is 39.1 Å². The number of anilines is 1. The maximum atomic E-state index is 11.7. The van der Waals surface area contributed by atoms with Crippen molar-refractivity contribution in [2.45, 2.75) is 25.7 Å². The molecule has 1 fully saturated rings. The molecule has 0 aliphatic carbocycles. The van der Waals surface area contributed by atoms with Crippen LogP contribution in [0.4, 0.5) is 5.82 Å². The summed E-state index contributed by atoms with van der Waals surface area (Å²) in [6, 6.07) is 1.51. The number of aliphatic hydroxyl groups excluding tert-OH is 2. The average molecular weight is 255 g/mol. The Balaban J connectivity index is 2.29. The maximum absolute atomic E-state index is 11.7. The summed E-state index contributed by atoms with van der Waals surface area (Å²) in [7, 11) is 0. The molecular weight excluding hydrogens is 238 g/mol. The zero-order valence-corrected chi connectivity index (χ0v) is 10.1. The molecule has 0 radical (unpaired) electrons. The molecule has 0 amide bonds. The van der Waals surface area contributed by atoms with E-state index in [1.165, 1.54) is 16.8 Å². The van der Waals surface area contributed by atoms with Gasteiger partial charge in [-0.25, -0.2) is 4.79 Å². The highest BCUT2D eigenvalue weighted by atomic mass is 16.5. The van der Waals surface area contributed by atoms with Crippen molar-refractivity contribution in [2.75, 3.05) is 18.9 Å². The van der Waals surface area contributed by atoms with Gasteiger partial charge in [-0.1, -0.05) is 6.92 Å². The standard InChI is InChI=1S/C11H17N3O4/c1-11(6-16)4-9(18-7(11)5-15)14-3-2-8(12)13-10(14)17/h2-3,7,9,15-16H,4-6H2,1H3,(H2,12,13,17)/t7-,9-,11-/m1/s1. The van der Waals surface area contributed by atoms with Crippen LogP contribution in [0.25, 0.3) is 0 Å². The van der Waals surface area contributed by atoms with Crippen LogP contribution in [0.1, 0.15) is 19.6 Å². The number of aromatic nitrogens is 2. The third-order valence-electron chi connectivity index (χ3n) is 3.43. The molecule has 1 aromatic heterocycles. The molecule has 0 saturated carbocycles. The van der Waals surface area contributed by atoms with E-state index in [4.69, 9.17) is 10.5 Å². The summed E-state index contributed by atoms with van der Waals surface area (Å²) in [4.78, 5) is 15.3. The summed E-state index contributed by atoms with van der Waals surface area (Å²) in [5, 5.41) is 18.6. The second kappa shape index (κ2) is 4.68. The Labute approximate surface area is 104 Å². The molecule has 3 atom stereocenters. The minimum Gasteiger partial charge on any atom is -0.396 e. The summed E-state index contributed by atoms with van der Waals surface area (Å²) in [6.07, 6.45) is 0.893. The number of hydrogen-bond donors (Lipinski definition) is 3. The minimum atomic E-state index is -0.569. The van der Waals surface area contributed by atoms with E-state index in [0.717, 1.165) is 0 Å². The predicted octanol–water partition coefficient (Wildman–Crippen LogP) is -0.896. The Morgan fingerprint density at radius 1 is 1.67 bits per heavy atom. The van der Waals surface area contributed by atoms with Gasteiger partial charge in [-0.3, -0.25) is 4.57 Å². The number of rotatable bonds is 3. The van der Waals surface area contributed by atoms with Crippen molar-refractivity contribution in [1.82, 2.24) is 9.55 Å². The van der Waals surface area contributed by atoms with Gasteiger partial charge in [0, 0.05) is 18.0 Å². The lowest BCUT2D eigenvalue weighted by atomic mass is 9.84. The monoisotopic (exact) mass is 255 g/mol. The molecule has 2 heterocycles. The molecule has 0 unspecified atom stereocenters. The highest BCUT2D eigenvalue weighted by Gasteiger charge is 2.45. The van der Waals surface area contributed by atoms with E-state index in [-0.39, 0.29) is 19.0 Å². The maximum Gasteiger partial charge on any atom is 0.351 e. The van der Waals surface area contributed by atoms with Crippen LogP contribution < -0.4 is 11.4 Å². The fourth-order valence-corrected chi connectivity index (χ4v) is 2.17. The molecule has 1 saturated heterocycles. The Kier molecular flexibility index (Phi) is 3.38. The van der Waals surface area contributed by atoms with Crippen LogP contribution in [0.3, 0.4) is 0 Å². The first-order valence-electron chi connectivity index (χ1n) is 5.72. The molecule has 1 aliphatic rings. The average Bonchev–Trinajstić information content (AvgIpc) is 2.67. The summed E-state index contributed by atoms with van der Waals surface area (Å²) in [6.45, 7) is 1.49. The zero-order valence-electron chi connectivity index (χ0n) is 10.1. The first-order valence-corrected chi connectivity index (χ1v) is 5.72. The van der Waals surface area contributed by atoms with Crippen LogP contribution in [0, 0.1) is 5.41 Å². The zero-order chi connectivity index (χ0) is 13.3. The van der Waals surface area contributed by atoms with E-state index in [0.29, 0.717) is 6.42 Å². The summed E-state index contributed by atoms with van der Waals surface area (Å²) in [5.41, 5.74) is 4.34. The van der Waals surface area contributed by atoms with Gasteiger partial charge >= 0.3 is 5.69 Å². The molecule has 0 spiro atoms. The van der Waals surface area contributed by atoms with Crippen LogP contribution >= 0.6 is 0 Å². The molecular formula is C11H17N3O4. The number of hydrogen-bond acceptors (Lipinski definition) is 6. The second-order valence-electron chi connectivity index (χ2n) is 4.82. The van der Waals surface area contributed by atoms with Crippen molar-refractivity contribution in [3.05, 3.63) is 22.7 Å². The smallest absolute Gasteiger partial charge is 0.351 e. The van der Waals surface area contributed by atoms with Gasteiger partial charge in [0.25, 0.3) is 0 Å². The van der Waals surface area contributed by atoms with Crippen molar-refractivity contribution in [1.29, 1.82) is 0 Å². The molecule has 7 heteroatoms. The van der Waals surface area contributed by atoms with Crippen molar-refractivity contribution in [3.63, 3.8) is 0 Å². The van der Waals surface area contributed by atoms with Gasteiger partial charge in [0.2, 0.25) is 0 Å². The van der Waals surface area contributed by atoms with Crippen molar-refractivity contribution < 1.29 is 14.9 Å². The van der Waals surface area contributed by atoms with Crippen LogP contribution in [0.2, 0.25) is 0 Å². The lowest BCUT2D eigenvalue weighted by Crippen LogP contribution is -2.34. The SMILES string of the molecule is C[C@]1(CO)C[C@H](n2ccc(N)nc2=O)O[C@@H]1CO. The highest BCUT2D eigenvalue weighted by molar-refractivity contribution is 5.23. The second-order valence-corrected chi connectivity index (χ2v) is 4.82. The Morgan fingerprint density at radius 2 is 2.39 bits per heavy atom. The van der Waals surface area contributed by atoms with Crippen LogP contribution in [-0.2, 0) is 4.74 Å². The van der Waals surface area contributed by atoms with Gasteiger partial charge in [0.05, 0.1) is 19.3 Å². The van der Waals surface area contributed by atoms with Gasteiger partial charge in [0.15, 0.2) is 0 Å². The van der Waals surface area contributed by atoms with Crippen molar-refractivity contribution in [2.24, 2.45) is 5.41 Å². The number of nitrogens with zero attached hydrogens (tertiary/aromatic N) is 2. The molecule has 0 bridgehead atoms. The number of aliphatic hydroxyl groups is 2. The summed E-state index contributed by atoms with van der Waals surface area (Å²) >= 11 is 0. The Bertz CT molecular complexity index is 489. The van der Waals surface area contributed by atoms with Gasteiger partial charge in [-0.2, -0.15) is 4.98 Å². The van der Waals surface area contributed by atoms with Gasteiger partial charge in [-0.15, -0.1) is 0 Å². The molecule has 0 aromatic carbocycles. The molecule has 2 rings (SSSR count). The van der Waals surface area contributed by atoms with Crippen molar-refractivity contribution >= 4 is 5.82 Å². The minimum absolute atomic E-state index is 0.119. The topological polar surface area (TPSA) is 111 Å². The fourth-order valence-electron chi connectivity index (χ4n) is 2.17. The Morgan fingerprint density at radius 3 is 2.89 bits per heavy atom. The van der Waals surface area contributed by atoms with Gasteiger partial charge in [0.1, 0.15) is 12.0 Å². The van der Waals surface area contributed by atoms with E-state index in [1.807, 2.05) is 6.92 Å². The van der Waals surface area contributed by atoms with Crippen molar-refractivity contribution in [3.8, 4) is 0 Å². The highest BCUT2D eigenvalue weighted by Crippen LogP contribution is 2.42. The molecule has 1 aromatic rings.